The van der Waals surface area contributed by atoms with Crippen LogP contribution in [-0.4, -0.2) is 52.9 Å². The zero-order chi connectivity index (χ0) is 19.5. The average molecular weight is 405 g/mol. The lowest BCUT2D eigenvalue weighted by atomic mass is 9.88. The van der Waals surface area contributed by atoms with Crippen molar-refractivity contribution in [3.8, 4) is 0 Å². The zero-order valence-corrected chi connectivity index (χ0v) is 17.7. The molecule has 0 spiro atoms. The molecule has 1 atom stereocenters. The van der Waals surface area contributed by atoms with E-state index in [9.17, 15) is 9.59 Å². The molecule has 1 aromatic heterocycles. The molecule has 7 heteroatoms. The minimum absolute atomic E-state index is 0.0172. The van der Waals surface area contributed by atoms with E-state index >= 15 is 0 Å². The van der Waals surface area contributed by atoms with Crippen molar-refractivity contribution in [1.29, 1.82) is 0 Å². The smallest absolute Gasteiger partial charge is 0.319 e. The fraction of sp³-hybridized carbons (Fsp3) is 0.762. The Morgan fingerprint density at radius 3 is 2.54 bits per heavy atom. The van der Waals surface area contributed by atoms with Crippen LogP contribution >= 0.6 is 11.3 Å². The second kappa shape index (κ2) is 8.80. The largest absolute Gasteiger partial charge is 0.325 e. The van der Waals surface area contributed by atoms with Gasteiger partial charge in [0, 0.05) is 37.0 Å². The van der Waals surface area contributed by atoms with E-state index in [1.165, 1.54) is 29.8 Å². The maximum absolute atomic E-state index is 12.7. The molecule has 2 saturated heterocycles. The number of nitrogens with zero attached hydrogens (tertiary/aromatic N) is 3. The van der Waals surface area contributed by atoms with Gasteiger partial charge in [0.25, 0.3) is 0 Å². The number of carbonyl (C=O) groups is 2. The molecule has 0 aromatic carbocycles. The Hall–Kier alpha value is -1.63. The Morgan fingerprint density at radius 1 is 1.11 bits per heavy atom. The first-order valence-corrected chi connectivity index (χ1v) is 11.8. The van der Waals surface area contributed by atoms with Crippen LogP contribution in [0.2, 0.25) is 0 Å². The van der Waals surface area contributed by atoms with Gasteiger partial charge in [-0.25, -0.2) is 9.78 Å². The molecule has 0 bridgehead atoms. The molecule has 3 aliphatic rings. The fourth-order valence-electron chi connectivity index (χ4n) is 4.80. The lowest BCUT2D eigenvalue weighted by Crippen LogP contribution is -2.47. The van der Waals surface area contributed by atoms with E-state index in [0.717, 1.165) is 62.7 Å². The second-order valence-electron chi connectivity index (χ2n) is 8.51. The number of fused-ring (bicyclic) bond motifs is 1. The highest BCUT2D eigenvalue weighted by atomic mass is 32.1. The summed E-state index contributed by atoms with van der Waals surface area (Å²) in [4.78, 5) is 35.1. The number of aryl methyl sites for hydroxylation is 1. The third kappa shape index (κ3) is 4.34. The lowest BCUT2D eigenvalue weighted by Gasteiger charge is -2.33. The summed E-state index contributed by atoms with van der Waals surface area (Å²) >= 11 is 1.67. The van der Waals surface area contributed by atoms with Crippen LogP contribution in [-0.2, 0) is 17.6 Å². The van der Waals surface area contributed by atoms with Crippen molar-refractivity contribution < 1.29 is 9.59 Å². The number of carbonyl (C=O) groups excluding carboxylic acids is 2. The predicted octanol–water partition coefficient (Wildman–Crippen LogP) is 3.91. The molecule has 0 radical (unpaired) electrons. The summed E-state index contributed by atoms with van der Waals surface area (Å²) in [7, 11) is 0. The lowest BCUT2D eigenvalue weighted by molar-refractivity contribution is -0.121. The van der Waals surface area contributed by atoms with Crippen LogP contribution in [0, 0.1) is 11.8 Å². The van der Waals surface area contributed by atoms with Crippen LogP contribution in [0.3, 0.4) is 0 Å². The minimum Gasteiger partial charge on any atom is -0.325 e. The molecule has 2 fully saturated rings. The molecule has 1 unspecified atom stereocenters. The monoisotopic (exact) mass is 404 g/mol. The molecular weight excluding hydrogens is 372 g/mol. The summed E-state index contributed by atoms with van der Waals surface area (Å²) in [6, 6.07) is 0.158. The molecule has 4 rings (SSSR count). The Morgan fingerprint density at radius 2 is 1.82 bits per heavy atom. The molecule has 2 aliphatic heterocycles. The first kappa shape index (κ1) is 19.7. The van der Waals surface area contributed by atoms with Gasteiger partial charge in [0.15, 0.2) is 5.13 Å². The topological polar surface area (TPSA) is 65.5 Å². The summed E-state index contributed by atoms with van der Waals surface area (Å²) in [5.41, 5.74) is 1.19. The van der Waals surface area contributed by atoms with Gasteiger partial charge in [-0.3, -0.25) is 4.79 Å². The summed E-state index contributed by atoms with van der Waals surface area (Å²) in [5, 5.41) is 3.84. The summed E-state index contributed by atoms with van der Waals surface area (Å²) < 4.78 is 0. The number of aromatic nitrogens is 1. The van der Waals surface area contributed by atoms with Gasteiger partial charge in [-0.1, -0.05) is 19.8 Å². The Labute approximate surface area is 171 Å². The van der Waals surface area contributed by atoms with Crippen LogP contribution in [0.15, 0.2) is 0 Å². The van der Waals surface area contributed by atoms with E-state index in [1.807, 2.05) is 9.80 Å². The van der Waals surface area contributed by atoms with E-state index < -0.39 is 0 Å². The molecule has 1 aromatic rings. The van der Waals surface area contributed by atoms with Crippen molar-refractivity contribution in [2.24, 2.45) is 11.8 Å². The molecular formula is C21H32N4O2S. The van der Waals surface area contributed by atoms with Crippen molar-refractivity contribution in [1.82, 2.24) is 14.8 Å². The van der Waals surface area contributed by atoms with E-state index in [-0.39, 0.29) is 17.9 Å². The van der Waals surface area contributed by atoms with Crippen LogP contribution in [0.1, 0.15) is 62.4 Å². The summed E-state index contributed by atoms with van der Waals surface area (Å²) in [6.07, 6.45) is 9.63. The quantitative estimate of drug-likeness (QED) is 0.827. The van der Waals surface area contributed by atoms with Gasteiger partial charge < -0.3 is 15.1 Å². The van der Waals surface area contributed by atoms with Gasteiger partial charge >= 0.3 is 6.03 Å². The third-order valence-electron chi connectivity index (χ3n) is 6.48. The molecule has 154 valence electrons. The second-order valence-corrected chi connectivity index (χ2v) is 9.60. The SMILES string of the molecule is CCCC1CCc2nc(NC(=O)C3CCN(C(=O)N4CCCC4)CC3)sc2C1. The summed E-state index contributed by atoms with van der Waals surface area (Å²) in [5.74, 6) is 0.833. The summed E-state index contributed by atoms with van der Waals surface area (Å²) in [6.45, 7) is 5.37. The van der Waals surface area contributed by atoms with Crippen molar-refractivity contribution in [3.63, 3.8) is 0 Å². The number of amides is 3. The fourth-order valence-corrected chi connectivity index (χ4v) is 5.93. The van der Waals surface area contributed by atoms with Gasteiger partial charge in [0.1, 0.15) is 0 Å². The average Bonchev–Trinajstić information content (AvgIpc) is 3.37. The highest BCUT2D eigenvalue weighted by Crippen LogP contribution is 2.34. The number of hydrogen-bond acceptors (Lipinski definition) is 4. The van der Waals surface area contributed by atoms with Gasteiger partial charge in [0.05, 0.1) is 5.69 Å². The highest BCUT2D eigenvalue weighted by Gasteiger charge is 2.31. The van der Waals surface area contributed by atoms with Crippen molar-refractivity contribution in [2.75, 3.05) is 31.5 Å². The number of piperidine rings is 1. The number of nitrogens with one attached hydrogen (secondary N) is 1. The van der Waals surface area contributed by atoms with Crippen LogP contribution in [0.5, 0.6) is 0 Å². The van der Waals surface area contributed by atoms with Crippen molar-refractivity contribution in [3.05, 3.63) is 10.6 Å². The van der Waals surface area contributed by atoms with Gasteiger partial charge in [-0.05, 0) is 50.9 Å². The zero-order valence-electron chi connectivity index (χ0n) is 16.9. The standard InChI is InChI=1S/C21H32N4O2S/c1-2-5-15-6-7-17-18(14-15)28-20(22-17)23-19(26)16-8-12-25(13-9-16)21(27)24-10-3-4-11-24/h15-16H,2-14H2,1H3,(H,22,23,26). The number of urea groups is 1. The number of hydrogen-bond donors (Lipinski definition) is 1. The Bertz CT molecular complexity index is 705. The van der Waals surface area contributed by atoms with Crippen LogP contribution < -0.4 is 5.32 Å². The molecule has 3 amide bonds. The number of rotatable bonds is 4. The minimum atomic E-state index is -0.0172. The molecule has 1 N–H and O–H groups in total. The van der Waals surface area contributed by atoms with E-state index in [2.05, 4.69) is 12.2 Å². The maximum Gasteiger partial charge on any atom is 0.319 e. The highest BCUT2D eigenvalue weighted by molar-refractivity contribution is 7.15. The van der Waals surface area contributed by atoms with Gasteiger partial charge in [-0.2, -0.15) is 0 Å². The first-order chi connectivity index (χ1) is 13.6. The Balaban J connectivity index is 1.28. The maximum atomic E-state index is 12.7. The number of likely N-dealkylation sites (tertiary alicyclic amines) is 2. The molecule has 0 saturated carbocycles. The van der Waals surface area contributed by atoms with E-state index in [0.29, 0.717) is 13.1 Å². The molecule has 1 aliphatic carbocycles. The van der Waals surface area contributed by atoms with Gasteiger partial charge in [-0.15, -0.1) is 11.3 Å². The van der Waals surface area contributed by atoms with E-state index in [4.69, 9.17) is 4.98 Å². The number of thiazole rings is 1. The third-order valence-corrected chi connectivity index (χ3v) is 7.52. The van der Waals surface area contributed by atoms with Crippen LogP contribution in [0.25, 0.3) is 0 Å². The normalized spacial score (nSPS) is 23.0. The first-order valence-electron chi connectivity index (χ1n) is 11.0. The van der Waals surface area contributed by atoms with Crippen molar-refractivity contribution >= 4 is 28.4 Å². The molecule has 28 heavy (non-hydrogen) atoms. The molecule has 3 heterocycles. The molecule has 6 nitrogen and oxygen atoms in total. The van der Waals surface area contributed by atoms with Crippen molar-refractivity contribution in [2.45, 2.75) is 64.7 Å². The predicted molar refractivity (Wildman–Crippen MR) is 112 cm³/mol. The van der Waals surface area contributed by atoms with Gasteiger partial charge in [0.2, 0.25) is 5.91 Å². The van der Waals surface area contributed by atoms with Crippen LogP contribution in [0.4, 0.5) is 9.93 Å². The Kier molecular flexibility index (Phi) is 6.19. The number of anilines is 1. The van der Waals surface area contributed by atoms with E-state index in [1.54, 1.807) is 11.3 Å².